The first-order valence-electron chi connectivity index (χ1n) is 9.42. The first-order valence-corrected chi connectivity index (χ1v) is 9.42. The summed E-state index contributed by atoms with van der Waals surface area (Å²) >= 11 is 0. The number of aromatic nitrogens is 1. The smallest absolute Gasteiger partial charge is 0.416 e. The lowest BCUT2D eigenvalue weighted by Crippen LogP contribution is -2.21. The Labute approximate surface area is 177 Å². The molecule has 2 aromatic carbocycles. The number of H-pyrrole nitrogens is 1. The minimum atomic E-state index is -5.03. The number of hydrogen-bond donors (Lipinski definition) is 2. The second-order valence-corrected chi connectivity index (χ2v) is 7.43. The van der Waals surface area contributed by atoms with E-state index in [0.717, 1.165) is 10.9 Å². The summed E-state index contributed by atoms with van der Waals surface area (Å²) in [4.78, 5) is 27.0. The van der Waals surface area contributed by atoms with E-state index in [4.69, 9.17) is 0 Å². The number of hydrogen-bond acceptors (Lipinski definition) is 2. The molecule has 0 radical (unpaired) electrons. The molecular weight excluding hydrogens is 440 g/mol. The van der Waals surface area contributed by atoms with Crippen LogP contribution in [0.4, 0.5) is 26.3 Å². The minimum absolute atomic E-state index is 0.0228. The zero-order valence-corrected chi connectivity index (χ0v) is 16.3. The number of carbonyl (C=O) groups is 2. The predicted octanol–water partition coefficient (Wildman–Crippen LogP) is 5.65. The number of para-hydroxylation sites is 1. The summed E-state index contributed by atoms with van der Waals surface area (Å²) in [7, 11) is 0. The van der Waals surface area contributed by atoms with Crippen LogP contribution in [-0.4, -0.2) is 21.8 Å². The molecule has 0 saturated carbocycles. The molecule has 0 bridgehead atoms. The van der Waals surface area contributed by atoms with Crippen molar-refractivity contribution in [2.45, 2.75) is 31.6 Å². The van der Waals surface area contributed by atoms with E-state index in [-0.39, 0.29) is 12.5 Å². The molecule has 1 heterocycles. The Morgan fingerprint density at radius 2 is 1.53 bits per heavy atom. The van der Waals surface area contributed by atoms with Gasteiger partial charge in [-0.25, -0.2) is 0 Å². The number of ketones is 1. The van der Waals surface area contributed by atoms with Gasteiger partial charge in [0.1, 0.15) is 5.78 Å². The Hall–Kier alpha value is -3.30. The van der Waals surface area contributed by atoms with Crippen LogP contribution in [-0.2, 0) is 34.8 Å². The predicted molar refractivity (Wildman–Crippen MR) is 103 cm³/mol. The molecule has 0 spiro atoms. The number of Topliss-reactive ketones (excluding diaryl/α,β-unsaturated/α-hetero) is 1. The van der Waals surface area contributed by atoms with Crippen molar-refractivity contribution >= 4 is 22.7 Å². The number of nitrogens with one attached hydrogen (secondary N) is 1. The van der Waals surface area contributed by atoms with E-state index in [1.807, 2.05) is 0 Å². The van der Waals surface area contributed by atoms with Crippen molar-refractivity contribution in [3.63, 3.8) is 0 Å². The Morgan fingerprint density at radius 3 is 2.09 bits per heavy atom. The Kier molecular flexibility index (Phi) is 6.34. The highest BCUT2D eigenvalue weighted by atomic mass is 19.4. The van der Waals surface area contributed by atoms with Crippen LogP contribution in [0.1, 0.15) is 28.7 Å². The zero-order valence-electron chi connectivity index (χ0n) is 16.3. The molecule has 0 fully saturated rings. The lowest BCUT2D eigenvalue weighted by Gasteiger charge is -2.15. The van der Waals surface area contributed by atoms with E-state index >= 15 is 0 Å². The lowest BCUT2D eigenvalue weighted by molar-refractivity contribution is -0.144. The molecule has 0 unspecified atom stereocenters. The van der Waals surface area contributed by atoms with Crippen LogP contribution in [0.3, 0.4) is 0 Å². The van der Waals surface area contributed by atoms with Crippen molar-refractivity contribution in [1.82, 2.24) is 4.98 Å². The van der Waals surface area contributed by atoms with E-state index < -0.39 is 59.6 Å². The van der Waals surface area contributed by atoms with Gasteiger partial charge in [0, 0.05) is 29.9 Å². The summed E-state index contributed by atoms with van der Waals surface area (Å²) in [5.41, 5.74) is -2.12. The van der Waals surface area contributed by atoms with Gasteiger partial charge in [0.2, 0.25) is 0 Å². The lowest BCUT2D eigenvalue weighted by atomic mass is 9.91. The maximum Gasteiger partial charge on any atom is 0.416 e. The summed E-state index contributed by atoms with van der Waals surface area (Å²) in [6, 6.07) is 8.02. The van der Waals surface area contributed by atoms with Crippen molar-refractivity contribution < 1.29 is 41.0 Å². The number of benzene rings is 2. The molecule has 1 atom stereocenters. The van der Waals surface area contributed by atoms with E-state index in [9.17, 15) is 41.0 Å². The zero-order chi connectivity index (χ0) is 23.7. The van der Waals surface area contributed by atoms with E-state index in [1.165, 1.54) is 0 Å². The highest BCUT2D eigenvalue weighted by Gasteiger charge is 2.37. The van der Waals surface area contributed by atoms with Crippen LogP contribution in [0.2, 0.25) is 0 Å². The van der Waals surface area contributed by atoms with Crippen LogP contribution in [0, 0.1) is 5.92 Å². The van der Waals surface area contributed by atoms with Crippen molar-refractivity contribution in [3.8, 4) is 0 Å². The van der Waals surface area contributed by atoms with Crippen LogP contribution in [0.5, 0.6) is 0 Å². The average molecular weight is 457 g/mol. The van der Waals surface area contributed by atoms with Gasteiger partial charge in [0.15, 0.2) is 0 Å². The van der Waals surface area contributed by atoms with E-state index in [2.05, 4.69) is 4.98 Å². The quantitative estimate of drug-likeness (QED) is 0.451. The first kappa shape index (κ1) is 23.4. The van der Waals surface area contributed by atoms with Crippen molar-refractivity contribution in [2.75, 3.05) is 0 Å². The molecule has 170 valence electrons. The number of carboxylic acid groups (broad SMARTS) is 1. The molecule has 3 aromatic rings. The van der Waals surface area contributed by atoms with Gasteiger partial charge in [-0.2, -0.15) is 26.3 Å². The number of halogens is 6. The molecule has 0 aliphatic carbocycles. The van der Waals surface area contributed by atoms with Crippen molar-refractivity contribution in [1.29, 1.82) is 0 Å². The van der Waals surface area contributed by atoms with Crippen LogP contribution in [0.15, 0.2) is 48.7 Å². The molecule has 0 aliphatic heterocycles. The highest BCUT2D eigenvalue weighted by Crippen LogP contribution is 2.36. The van der Waals surface area contributed by atoms with Crippen molar-refractivity contribution in [2.24, 2.45) is 5.92 Å². The van der Waals surface area contributed by atoms with Crippen molar-refractivity contribution in [3.05, 3.63) is 70.9 Å². The summed E-state index contributed by atoms with van der Waals surface area (Å²) < 4.78 is 78.0. The number of aromatic amines is 1. The largest absolute Gasteiger partial charge is 0.481 e. The van der Waals surface area contributed by atoms with Gasteiger partial charge in [-0.1, -0.05) is 18.2 Å². The molecular formula is C22H17F6NO3. The average Bonchev–Trinajstić information content (AvgIpc) is 3.09. The number of rotatable bonds is 7. The molecule has 3 rings (SSSR count). The number of carboxylic acids is 1. The van der Waals surface area contributed by atoms with Gasteiger partial charge in [0.05, 0.1) is 17.0 Å². The van der Waals surface area contributed by atoms with Gasteiger partial charge in [-0.3, -0.25) is 9.59 Å². The normalized spacial score (nSPS) is 13.3. The second kappa shape index (κ2) is 8.68. The van der Waals surface area contributed by atoms with Crippen LogP contribution < -0.4 is 0 Å². The fourth-order valence-electron chi connectivity index (χ4n) is 3.51. The topological polar surface area (TPSA) is 70.2 Å². The third-order valence-corrected chi connectivity index (χ3v) is 5.01. The summed E-state index contributed by atoms with van der Waals surface area (Å²) in [6.45, 7) is 0. The van der Waals surface area contributed by atoms with Gasteiger partial charge in [-0.05, 0) is 41.8 Å². The minimum Gasteiger partial charge on any atom is -0.481 e. The summed E-state index contributed by atoms with van der Waals surface area (Å²) in [5, 5.41) is 10.3. The summed E-state index contributed by atoms with van der Waals surface area (Å²) in [5.74, 6) is -3.25. The second-order valence-electron chi connectivity index (χ2n) is 7.43. The van der Waals surface area contributed by atoms with Gasteiger partial charge >= 0.3 is 18.3 Å². The fraction of sp³-hybridized carbons (Fsp3) is 0.273. The summed E-state index contributed by atoms with van der Waals surface area (Å²) in [6.07, 6.45) is -9.76. The number of aliphatic carboxylic acids is 1. The van der Waals surface area contributed by atoms with Gasteiger partial charge in [-0.15, -0.1) is 0 Å². The number of alkyl halides is 6. The third kappa shape index (κ3) is 5.49. The van der Waals surface area contributed by atoms with Crippen LogP contribution >= 0.6 is 0 Å². The number of carbonyl (C=O) groups excluding carboxylic acids is 1. The van der Waals surface area contributed by atoms with E-state index in [0.29, 0.717) is 17.7 Å². The molecule has 1 aromatic heterocycles. The van der Waals surface area contributed by atoms with E-state index in [1.54, 1.807) is 30.5 Å². The molecule has 0 aliphatic rings. The fourth-order valence-corrected chi connectivity index (χ4v) is 3.51. The molecule has 32 heavy (non-hydrogen) atoms. The standard InChI is InChI=1S/C22H17F6NO3/c23-21(24,25)15-5-12(6-16(10-15)22(26,27)28)7-17(30)9-13(20(31)32)8-14-11-29-19-4-2-1-3-18(14)19/h1-6,10-11,13,29H,7-9H2,(H,31,32)/t13-/m1/s1. The molecule has 4 nitrogen and oxygen atoms in total. The third-order valence-electron chi connectivity index (χ3n) is 5.01. The maximum absolute atomic E-state index is 13.0. The van der Waals surface area contributed by atoms with Gasteiger partial charge < -0.3 is 10.1 Å². The highest BCUT2D eigenvalue weighted by molar-refractivity contribution is 5.87. The molecule has 0 saturated heterocycles. The Morgan fingerprint density at radius 1 is 0.938 bits per heavy atom. The maximum atomic E-state index is 13.0. The van der Waals surface area contributed by atoms with Gasteiger partial charge in [0.25, 0.3) is 0 Å². The SMILES string of the molecule is O=C(Cc1cc(C(F)(F)F)cc(C(F)(F)F)c1)C[C@@H](Cc1c[nH]c2ccccc12)C(=O)O. The molecule has 2 N–H and O–H groups in total. The first-order chi connectivity index (χ1) is 14.8. The monoisotopic (exact) mass is 457 g/mol. The molecule has 0 amide bonds. The Balaban J connectivity index is 1.80. The Bertz CT molecular complexity index is 1110. The molecule has 10 heteroatoms. The van der Waals surface area contributed by atoms with Crippen LogP contribution in [0.25, 0.3) is 10.9 Å². The number of fused-ring (bicyclic) bond motifs is 1.